The Morgan fingerprint density at radius 1 is 1.12 bits per heavy atom. The summed E-state index contributed by atoms with van der Waals surface area (Å²) >= 11 is 0. The topological polar surface area (TPSA) is 43.6 Å². The average molecular weight is 230 g/mol. The minimum absolute atomic E-state index is 0.132. The normalized spacial score (nSPS) is 11.8. The molecule has 0 amide bonds. The second-order valence-corrected chi connectivity index (χ2v) is 5.46. The minimum atomic E-state index is 0.132. The van der Waals surface area contributed by atoms with E-state index in [1.807, 2.05) is 7.05 Å². The standard InChI is InChI=1S/C13H18N4/c1-9-6-10(12-14-15-16-17(12)5)8-11(7-9)13(2,3)4/h6-8H,1-5H3. The molecule has 2 rings (SSSR count). The summed E-state index contributed by atoms with van der Waals surface area (Å²) in [5.74, 6) is 0.805. The Bertz CT molecular complexity index is 535. The summed E-state index contributed by atoms with van der Waals surface area (Å²) in [5.41, 5.74) is 3.74. The Hall–Kier alpha value is -1.71. The zero-order valence-corrected chi connectivity index (χ0v) is 11.0. The second-order valence-electron chi connectivity index (χ2n) is 5.46. The Morgan fingerprint density at radius 3 is 2.35 bits per heavy atom. The predicted octanol–water partition coefficient (Wildman–Crippen LogP) is 2.48. The Balaban J connectivity index is 2.57. The third kappa shape index (κ3) is 2.35. The second kappa shape index (κ2) is 3.95. The number of hydrogen-bond donors (Lipinski definition) is 0. The van der Waals surface area contributed by atoms with Crippen molar-refractivity contribution in [2.75, 3.05) is 0 Å². The summed E-state index contributed by atoms with van der Waals surface area (Å²) < 4.78 is 1.70. The lowest BCUT2D eigenvalue weighted by Gasteiger charge is -2.20. The summed E-state index contributed by atoms with van der Waals surface area (Å²) in [4.78, 5) is 0. The maximum atomic E-state index is 4.05. The number of aromatic nitrogens is 4. The van der Waals surface area contributed by atoms with Gasteiger partial charge < -0.3 is 0 Å². The van der Waals surface area contributed by atoms with Gasteiger partial charge in [0, 0.05) is 12.6 Å². The molecular formula is C13H18N4. The highest BCUT2D eigenvalue weighted by molar-refractivity contribution is 5.58. The van der Waals surface area contributed by atoms with E-state index in [-0.39, 0.29) is 5.41 Å². The molecule has 0 saturated carbocycles. The first-order valence-electron chi connectivity index (χ1n) is 5.73. The average Bonchev–Trinajstić information content (AvgIpc) is 2.62. The fourth-order valence-electron chi connectivity index (χ4n) is 1.82. The van der Waals surface area contributed by atoms with Crippen LogP contribution in [0.2, 0.25) is 0 Å². The molecule has 0 N–H and O–H groups in total. The molecule has 0 aliphatic carbocycles. The van der Waals surface area contributed by atoms with Crippen molar-refractivity contribution in [3.63, 3.8) is 0 Å². The van der Waals surface area contributed by atoms with E-state index in [1.54, 1.807) is 4.68 Å². The fraction of sp³-hybridized carbons (Fsp3) is 0.462. The van der Waals surface area contributed by atoms with Gasteiger partial charge >= 0.3 is 0 Å². The summed E-state index contributed by atoms with van der Waals surface area (Å²) in [5, 5.41) is 11.6. The van der Waals surface area contributed by atoms with E-state index in [0.29, 0.717) is 0 Å². The van der Waals surface area contributed by atoms with E-state index in [0.717, 1.165) is 11.4 Å². The van der Waals surface area contributed by atoms with Crippen molar-refractivity contribution in [3.05, 3.63) is 29.3 Å². The summed E-state index contributed by atoms with van der Waals surface area (Å²) in [6, 6.07) is 6.49. The van der Waals surface area contributed by atoms with Crippen molar-refractivity contribution >= 4 is 0 Å². The van der Waals surface area contributed by atoms with Crippen LogP contribution < -0.4 is 0 Å². The van der Waals surface area contributed by atoms with E-state index >= 15 is 0 Å². The molecule has 0 aliphatic rings. The monoisotopic (exact) mass is 230 g/mol. The van der Waals surface area contributed by atoms with Crippen molar-refractivity contribution < 1.29 is 0 Å². The predicted molar refractivity (Wildman–Crippen MR) is 67.7 cm³/mol. The third-order valence-electron chi connectivity index (χ3n) is 2.82. The minimum Gasteiger partial charge on any atom is -0.229 e. The molecule has 0 radical (unpaired) electrons. The van der Waals surface area contributed by atoms with Gasteiger partial charge in [-0.1, -0.05) is 32.4 Å². The number of benzene rings is 1. The van der Waals surface area contributed by atoms with Crippen molar-refractivity contribution in [1.29, 1.82) is 0 Å². The Labute approximate surface area is 102 Å². The van der Waals surface area contributed by atoms with Crippen LogP contribution in [0.25, 0.3) is 11.4 Å². The molecule has 1 heterocycles. The highest BCUT2D eigenvalue weighted by atomic mass is 15.5. The van der Waals surface area contributed by atoms with Crippen LogP contribution in [0, 0.1) is 6.92 Å². The molecule has 2 aromatic rings. The molecule has 4 heteroatoms. The Kier molecular flexibility index (Phi) is 2.73. The summed E-state index contributed by atoms with van der Waals surface area (Å²) in [6.07, 6.45) is 0. The van der Waals surface area contributed by atoms with Gasteiger partial charge in [-0.05, 0) is 40.5 Å². The van der Waals surface area contributed by atoms with E-state index in [4.69, 9.17) is 0 Å². The van der Waals surface area contributed by atoms with Gasteiger partial charge in [0.1, 0.15) is 0 Å². The van der Waals surface area contributed by atoms with Crippen LogP contribution in [0.1, 0.15) is 31.9 Å². The first kappa shape index (κ1) is 11.8. The Morgan fingerprint density at radius 2 is 1.82 bits per heavy atom. The molecule has 0 aliphatic heterocycles. The van der Waals surface area contributed by atoms with Crippen LogP contribution in [-0.2, 0) is 12.5 Å². The van der Waals surface area contributed by atoms with Gasteiger partial charge in [-0.3, -0.25) is 0 Å². The molecule has 1 aromatic heterocycles. The van der Waals surface area contributed by atoms with E-state index < -0.39 is 0 Å². The maximum Gasteiger partial charge on any atom is 0.181 e. The third-order valence-corrected chi connectivity index (χ3v) is 2.82. The largest absolute Gasteiger partial charge is 0.229 e. The number of nitrogens with zero attached hydrogens (tertiary/aromatic N) is 4. The first-order valence-corrected chi connectivity index (χ1v) is 5.73. The SMILES string of the molecule is Cc1cc(-c2nnnn2C)cc(C(C)(C)C)c1. The van der Waals surface area contributed by atoms with Crippen LogP contribution in [0.15, 0.2) is 18.2 Å². The lowest BCUT2D eigenvalue weighted by atomic mass is 9.85. The van der Waals surface area contributed by atoms with Crippen LogP contribution in [0.5, 0.6) is 0 Å². The van der Waals surface area contributed by atoms with Crippen molar-refractivity contribution in [3.8, 4) is 11.4 Å². The van der Waals surface area contributed by atoms with Gasteiger partial charge in [0.15, 0.2) is 5.82 Å². The quantitative estimate of drug-likeness (QED) is 0.756. The van der Waals surface area contributed by atoms with Crippen molar-refractivity contribution in [2.24, 2.45) is 7.05 Å². The molecule has 90 valence electrons. The zero-order chi connectivity index (χ0) is 12.6. The molecule has 0 fully saturated rings. The molecule has 4 nitrogen and oxygen atoms in total. The van der Waals surface area contributed by atoms with E-state index in [9.17, 15) is 0 Å². The highest BCUT2D eigenvalue weighted by Crippen LogP contribution is 2.27. The first-order chi connectivity index (χ1) is 7.88. The highest BCUT2D eigenvalue weighted by Gasteiger charge is 2.16. The molecule has 0 spiro atoms. The smallest absolute Gasteiger partial charge is 0.181 e. The molecule has 1 aromatic carbocycles. The van der Waals surface area contributed by atoms with E-state index in [2.05, 4.69) is 61.4 Å². The summed E-state index contributed by atoms with van der Waals surface area (Å²) in [7, 11) is 1.86. The van der Waals surface area contributed by atoms with E-state index in [1.165, 1.54) is 11.1 Å². The van der Waals surface area contributed by atoms with Crippen molar-refractivity contribution in [2.45, 2.75) is 33.1 Å². The van der Waals surface area contributed by atoms with Gasteiger partial charge in [-0.25, -0.2) is 4.68 Å². The lowest BCUT2D eigenvalue weighted by Crippen LogP contribution is -2.11. The molecule has 0 atom stereocenters. The number of tetrazole rings is 1. The number of rotatable bonds is 1. The summed E-state index contributed by atoms with van der Waals surface area (Å²) in [6.45, 7) is 8.73. The van der Waals surface area contributed by atoms with Gasteiger partial charge in [0.2, 0.25) is 0 Å². The van der Waals surface area contributed by atoms with Crippen LogP contribution in [-0.4, -0.2) is 20.2 Å². The molecule has 17 heavy (non-hydrogen) atoms. The van der Waals surface area contributed by atoms with Gasteiger partial charge in [0.25, 0.3) is 0 Å². The number of aryl methyl sites for hydroxylation is 2. The molecule has 0 saturated heterocycles. The molecule has 0 unspecified atom stereocenters. The van der Waals surface area contributed by atoms with Gasteiger partial charge in [-0.2, -0.15) is 0 Å². The van der Waals surface area contributed by atoms with Crippen LogP contribution >= 0.6 is 0 Å². The molecule has 0 bridgehead atoms. The van der Waals surface area contributed by atoms with Crippen LogP contribution in [0.3, 0.4) is 0 Å². The van der Waals surface area contributed by atoms with Crippen molar-refractivity contribution in [1.82, 2.24) is 20.2 Å². The lowest BCUT2D eigenvalue weighted by molar-refractivity contribution is 0.590. The number of hydrogen-bond acceptors (Lipinski definition) is 3. The fourth-order valence-corrected chi connectivity index (χ4v) is 1.82. The molecular weight excluding hydrogens is 212 g/mol. The van der Waals surface area contributed by atoms with Crippen LogP contribution in [0.4, 0.5) is 0 Å². The zero-order valence-electron chi connectivity index (χ0n) is 11.0. The van der Waals surface area contributed by atoms with Gasteiger partial charge in [0.05, 0.1) is 0 Å². The maximum absolute atomic E-state index is 4.05. The van der Waals surface area contributed by atoms with Gasteiger partial charge in [-0.15, -0.1) is 5.10 Å².